The zero-order valence-electron chi connectivity index (χ0n) is 10.1. The molecule has 5 nitrogen and oxygen atoms in total. The van der Waals surface area contributed by atoms with Crippen LogP contribution in [-0.4, -0.2) is 30.7 Å². The van der Waals surface area contributed by atoms with Crippen molar-refractivity contribution >= 4 is 33.2 Å². The van der Waals surface area contributed by atoms with Crippen LogP contribution in [0.15, 0.2) is 17.2 Å². The lowest BCUT2D eigenvalue weighted by Gasteiger charge is -2.27. The molecule has 19 heavy (non-hydrogen) atoms. The van der Waals surface area contributed by atoms with Crippen LogP contribution in [0.3, 0.4) is 0 Å². The lowest BCUT2D eigenvalue weighted by Crippen LogP contribution is -2.49. The van der Waals surface area contributed by atoms with E-state index < -0.39 is 15.6 Å². The van der Waals surface area contributed by atoms with Crippen LogP contribution in [0.2, 0.25) is 10.2 Å². The van der Waals surface area contributed by atoms with Gasteiger partial charge >= 0.3 is 0 Å². The van der Waals surface area contributed by atoms with Crippen molar-refractivity contribution < 1.29 is 13.5 Å². The van der Waals surface area contributed by atoms with Gasteiger partial charge in [0, 0.05) is 6.20 Å². The number of pyridine rings is 1. The first-order chi connectivity index (χ1) is 8.88. The Bertz CT molecular complexity index is 571. The van der Waals surface area contributed by atoms with Crippen LogP contribution < -0.4 is 4.72 Å². The second kappa shape index (κ2) is 5.54. The molecule has 0 radical (unpaired) electrons. The topological polar surface area (TPSA) is 79.3 Å². The highest BCUT2D eigenvalue weighted by atomic mass is 35.5. The van der Waals surface area contributed by atoms with Gasteiger partial charge in [0.25, 0.3) is 0 Å². The Morgan fingerprint density at radius 3 is 2.53 bits per heavy atom. The van der Waals surface area contributed by atoms with E-state index in [9.17, 15) is 13.5 Å². The van der Waals surface area contributed by atoms with Crippen LogP contribution in [0.1, 0.15) is 25.7 Å². The molecule has 0 unspecified atom stereocenters. The minimum atomic E-state index is -3.77. The standard InChI is InChI=1S/C11H14Cl2N2O3S/c12-9-5-8(6-14-10(9)13)19(17,18)15-11(7-16)3-1-2-4-11/h5-6,15-16H,1-4,7H2. The van der Waals surface area contributed by atoms with Crippen molar-refractivity contribution in [2.45, 2.75) is 36.1 Å². The molecule has 0 aromatic carbocycles. The summed E-state index contributed by atoms with van der Waals surface area (Å²) >= 11 is 11.4. The second-order valence-corrected chi connectivity index (χ2v) is 7.14. The number of nitrogens with one attached hydrogen (secondary N) is 1. The summed E-state index contributed by atoms with van der Waals surface area (Å²) in [7, 11) is -3.77. The van der Waals surface area contributed by atoms with Crippen molar-refractivity contribution in [3.63, 3.8) is 0 Å². The van der Waals surface area contributed by atoms with E-state index in [1.807, 2.05) is 0 Å². The van der Waals surface area contributed by atoms with Gasteiger partial charge in [-0.1, -0.05) is 36.0 Å². The van der Waals surface area contributed by atoms with E-state index in [0.717, 1.165) is 19.0 Å². The van der Waals surface area contributed by atoms with Crippen LogP contribution >= 0.6 is 23.2 Å². The number of hydrogen-bond acceptors (Lipinski definition) is 4. The highest BCUT2D eigenvalue weighted by Gasteiger charge is 2.37. The van der Waals surface area contributed by atoms with E-state index >= 15 is 0 Å². The number of hydrogen-bond donors (Lipinski definition) is 2. The summed E-state index contributed by atoms with van der Waals surface area (Å²) in [5.41, 5.74) is -0.773. The van der Waals surface area contributed by atoms with Crippen molar-refractivity contribution in [3.05, 3.63) is 22.4 Å². The molecule has 0 atom stereocenters. The SMILES string of the molecule is O=S(=O)(NC1(CO)CCCC1)c1cnc(Cl)c(Cl)c1. The van der Waals surface area contributed by atoms with Gasteiger partial charge in [0.15, 0.2) is 0 Å². The first-order valence-corrected chi connectivity index (χ1v) is 8.08. The molecule has 1 aliphatic rings. The summed E-state index contributed by atoms with van der Waals surface area (Å²) in [6.45, 7) is -0.221. The molecular formula is C11H14Cl2N2O3S. The zero-order chi connectivity index (χ0) is 14.1. The molecular weight excluding hydrogens is 311 g/mol. The summed E-state index contributed by atoms with van der Waals surface area (Å²) in [6.07, 6.45) is 4.18. The van der Waals surface area contributed by atoms with E-state index in [4.69, 9.17) is 23.2 Å². The molecule has 1 fully saturated rings. The minimum absolute atomic E-state index is 0.0540. The Balaban J connectivity index is 2.29. The smallest absolute Gasteiger partial charge is 0.242 e. The van der Waals surface area contributed by atoms with Crippen LogP contribution in [-0.2, 0) is 10.0 Å². The molecule has 0 spiro atoms. The molecule has 0 saturated heterocycles. The van der Waals surface area contributed by atoms with Gasteiger partial charge in [0.2, 0.25) is 10.0 Å². The summed E-state index contributed by atoms with van der Waals surface area (Å²) in [5.74, 6) is 0. The van der Waals surface area contributed by atoms with Crippen molar-refractivity contribution in [2.24, 2.45) is 0 Å². The molecule has 0 aliphatic heterocycles. The number of rotatable bonds is 4. The number of aromatic nitrogens is 1. The van der Waals surface area contributed by atoms with E-state index in [2.05, 4.69) is 9.71 Å². The molecule has 106 valence electrons. The quantitative estimate of drug-likeness (QED) is 0.830. The molecule has 0 bridgehead atoms. The van der Waals surface area contributed by atoms with Crippen molar-refractivity contribution in [1.82, 2.24) is 9.71 Å². The highest BCUT2D eigenvalue weighted by molar-refractivity contribution is 7.89. The fourth-order valence-electron chi connectivity index (χ4n) is 2.24. The van der Waals surface area contributed by atoms with Gasteiger partial charge in [-0.25, -0.2) is 18.1 Å². The average Bonchev–Trinajstić information content (AvgIpc) is 2.81. The lowest BCUT2D eigenvalue weighted by molar-refractivity contribution is 0.185. The molecule has 2 N–H and O–H groups in total. The van der Waals surface area contributed by atoms with E-state index in [0.29, 0.717) is 12.8 Å². The van der Waals surface area contributed by atoms with Crippen LogP contribution in [0.25, 0.3) is 0 Å². The Hall–Kier alpha value is -0.400. The summed E-state index contributed by atoms with van der Waals surface area (Å²) < 4.78 is 27.1. The largest absolute Gasteiger partial charge is 0.394 e. The van der Waals surface area contributed by atoms with Gasteiger partial charge in [0.05, 0.1) is 17.2 Å². The van der Waals surface area contributed by atoms with E-state index in [1.54, 1.807) is 0 Å². The molecule has 1 heterocycles. The normalized spacial score (nSPS) is 18.7. The Kier molecular flexibility index (Phi) is 4.37. The molecule has 0 amide bonds. The maximum absolute atomic E-state index is 12.3. The Labute approximate surface area is 122 Å². The first kappa shape index (κ1) is 15.0. The lowest BCUT2D eigenvalue weighted by atomic mass is 10.0. The fourth-order valence-corrected chi connectivity index (χ4v) is 3.99. The highest BCUT2D eigenvalue weighted by Crippen LogP contribution is 2.31. The maximum Gasteiger partial charge on any atom is 0.242 e. The first-order valence-electron chi connectivity index (χ1n) is 5.84. The number of aliphatic hydroxyl groups excluding tert-OH is 1. The third-order valence-electron chi connectivity index (χ3n) is 3.30. The zero-order valence-corrected chi connectivity index (χ0v) is 12.4. The number of halogens is 2. The fraction of sp³-hybridized carbons (Fsp3) is 0.545. The monoisotopic (exact) mass is 324 g/mol. The Morgan fingerprint density at radius 2 is 2.00 bits per heavy atom. The average molecular weight is 325 g/mol. The number of sulfonamides is 1. The number of aliphatic hydroxyl groups is 1. The van der Waals surface area contributed by atoms with Gasteiger partial charge in [-0.2, -0.15) is 0 Å². The maximum atomic E-state index is 12.3. The van der Waals surface area contributed by atoms with Crippen molar-refractivity contribution in [1.29, 1.82) is 0 Å². The molecule has 8 heteroatoms. The van der Waals surface area contributed by atoms with Crippen molar-refractivity contribution in [3.8, 4) is 0 Å². The van der Waals surface area contributed by atoms with E-state index in [1.165, 1.54) is 6.07 Å². The molecule has 2 rings (SSSR count). The van der Waals surface area contributed by atoms with Crippen LogP contribution in [0.5, 0.6) is 0 Å². The predicted molar refractivity (Wildman–Crippen MR) is 72.9 cm³/mol. The van der Waals surface area contributed by atoms with Gasteiger partial charge in [-0.15, -0.1) is 0 Å². The summed E-state index contributed by atoms with van der Waals surface area (Å²) in [4.78, 5) is 3.67. The predicted octanol–water partition coefficient (Wildman–Crippen LogP) is 1.97. The van der Waals surface area contributed by atoms with Crippen molar-refractivity contribution in [2.75, 3.05) is 6.61 Å². The summed E-state index contributed by atoms with van der Waals surface area (Å²) in [6, 6.07) is 1.25. The van der Waals surface area contributed by atoms with Crippen LogP contribution in [0, 0.1) is 0 Å². The molecule has 1 aromatic rings. The van der Waals surface area contributed by atoms with Gasteiger partial charge in [-0.05, 0) is 18.9 Å². The van der Waals surface area contributed by atoms with Crippen LogP contribution in [0.4, 0.5) is 0 Å². The Morgan fingerprint density at radius 1 is 1.37 bits per heavy atom. The molecule has 1 aromatic heterocycles. The number of nitrogens with zero attached hydrogens (tertiary/aromatic N) is 1. The third kappa shape index (κ3) is 3.20. The van der Waals surface area contributed by atoms with Gasteiger partial charge in [0.1, 0.15) is 10.0 Å². The summed E-state index contributed by atoms with van der Waals surface area (Å²) in [5, 5.41) is 9.57. The molecule has 1 aliphatic carbocycles. The second-order valence-electron chi connectivity index (χ2n) is 4.69. The molecule has 1 saturated carbocycles. The van der Waals surface area contributed by atoms with Gasteiger partial charge in [-0.3, -0.25) is 0 Å². The van der Waals surface area contributed by atoms with Gasteiger partial charge < -0.3 is 5.11 Å². The minimum Gasteiger partial charge on any atom is -0.394 e. The van der Waals surface area contributed by atoms with E-state index in [-0.39, 0.29) is 21.7 Å². The third-order valence-corrected chi connectivity index (χ3v) is 5.53.